The van der Waals surface area contributed by atoms with Gasteiger partial charge in [0.05, 0.1) is 11.8 Å². The number of aliphatic hydroxyl groups excluding tert-OH is 1. The summed E-state index contributed by atoms with van der Waals surface area (Å²) in [6.07, 6.45) is 2.62. The molecule has 2 amide bonds. The van der Waals surface area contributed by atoms with Gasteiger partial charge in [-0.3, -0.25) is 0 Å². The maximum absolute atomic E-state index is 11.5. The first-order valence-corrected chi connectivity index (χ1v) is 5.80. The van der Waals surface area contributed by atoms with Crippen LogP contribution in [0.3, 0.4) is 0 Å². The number of hydrogen-bond acceptors (Lipinski definition) is 3. The Morgan fingerprint density at radius 2 is 2.31 bits per heavy atom. The van der Waals surface area contributed by atoms with Crippen LogP contribution in [-0.2, 0) is 0 Å². The number of pyridine rings is 1. The second-order valence-corrected chi connectivity index (χ2v) is 4.51. The molecule has 0 atom stereocenters. The highest BCUT2D eigenvalue weighted by atomic mass is 79.9. The number of anilines is 1. The van der Waals surface area contributed by atoms with Gasteiger partial charge in [0.2, 0.25) is 0 Å². The molecule has 1 aliphatic rings. The Kier molecular flexibility index (Phi) is 3.40. The Hall–Kier alpha value is -1.14. The third-order valence-electron chi connectivity index (χ3n) is 2.46. The SMILES string of the molecule is O=C(Nc1cccnc1Br)N[C@H]1C[C@H](O)C1. The third-order valence-corrected chi connectivity index (χ3v) is 3.09. The lowest BCUT2D eigenvalue weighted by atomic mass is 9.90. The summed E-state index contributed by atoms with van der Waals surface area (Å²) in [4.78, 5) is 15.5. The largest absolute Gasteiger partial charge is 0.393 e. The van der Waals surface area contributed by atoms with E-state index in [1.807, 2.05) is 0 Å². The molecule has 0 saturated heterocycles. The van der Waals surface area contributed by atoms with Crippen molar-refractivity contribution in [2.24, 2.45) is 0 Å². The van der Waals surface area contributed by atoms with Gasteiger partial charge in [0, 0.05) is 12.2 Å². The second kappa shape index (κ2) is 4.80. The van der Waals surface area contributed by atoms with E-state index in [0.717, 1.165) is 0 Å². The fraction of sp³-hybridized carbons (Fsp3) is 0.400. The lowest BCUT2D eigenvalue weighted by molar-refractivity contribution is 0.0671. The van der Waals surface area contributed by atoms with E-state index in [9.17, 15) is 4.79 Å². The molecule has 1 aromatic rings. The zero-order chi connectivity index (χ0) is 11.5. The normalized spacial score (nSPS) is 23.4. The highest BCUT2D eigenvalue weighted by Crippen LogP contribution is 2.21. The Bertz CT molecular complexity index is 393. The van der Waals surface area contributed by atoms with Gasteiger partial charge in [0.1, 0.15) is 4.60 Å². The van der Waals surface area contributed by atoms with Gasteiger partial charge in [-0.25, -0.2) is 9.78 Å². The van der Waals surface area contributed by atoms with Crippen LogP contribution in [0.25, 0.3) is 0 Å². The number of halogens is 1. The topological polar surface area (TPSA) is 74.2 Å². The first-order chi connectivity index (χ1) is 7.65. The van der Waals surface area contributed by atoms with Gasteiger partial charge in [0.25, 0.3) is 0 Å². The number of nitrogens with one attached hydrogen (secondary N) is 2. The standard InChI is InChI=1S/C10H12BrN3O2/c11-9-8(2-1-3-12-9)14-10(16)13-6-4-7(15)5-6/h1-3,6-7,15H,4-5H2,(H2,13,14,16)/t6-,7-. The van der Waals surface area contributed by atoms with Crippen molar-refractivity contribution in [3.05, 3.63) is 22.9 Å². The number of aromatic nitrogens is 1. The van der Waals surface area contributed by atoms with Crippen molar-refractivity contribution in [1.82, 2.24) is 10.3 Å². The molecule has 0 bridgehead atoms. The molecular formula is C10H12BrN3O2. The summed E-state index contributed by atoms with van der Waals surface area (Å²) in [5.74, 6) is 0. The maximum Gasteiger partial charge on any atom is 0.319 e. The van der Waals surface area contributed by atoms with Crippen LogP contribution in [0.5, 0.6) is 0 Å². The van der Waals surface area contributed by atoms with E-state index in [1.165, 1.54) is 0 Å². The summed E-state index contributed by atoms with van der Waals surface area (Å²) in [5.41, 5.74) is 0.625. The minimum Gasteiger partial charge on any atom is -0.393 e. The maximum atomic E-state index is 11.5. The summed E-state index contributed by atoms with van der Waals surface area (Å²) in [7, 11) is 0. The molecule has 5 nitrogen and oxygen atoms in total. The summed E-state index contributed by atoms with van der Waals surface area (Å²) in [6, 6.07) is 3.30. The molecule has 0 aromatic carbocycles. The van der Waals surface area contributed by atoms with Crippen LogP contribution in [0.4, 0.5) is 10.5 Å². The fourth-order valence-corrected chi connectivity index (χ4v) is 1.88. The van der Waals surface area contributed by atoms with E-state index in [2.05, 4.69) is 31.5 Å². The number of urea groups is 1. The van der Waals surface area contributed by atoms with Crippen LogP contribution >= 0.6 is 15.9 Å². The Morgan fingerprint density at radius 1 is 1.56 bits per heavy atom. The molecular weight excluding hydrogens is 274 g/mol. The minimum absolute atomic E-state index is 0.0745. The van der Waals surface area contributed by atoms with E-state index in [4.69, 9.17) is 5.11 Å². The number of carbonyl (C=O) groups excluding carboxylic acids is 1. The van der Waals surface area contributed by atoms with E-state index in [-0.39, 0.29) is 18.2 Å². The van der Waals surface area contributed by atoms with Crippen LogP contribution in [0.1, 0.15) is 12.8 Å². The molecule has 3 N–H and O–H groups in total. The minimum atomic E-state index is -0.273. The van der Waals surface area contributed by atoms with Gasteiger partial charge in [-0.05, 0) is 40.9 Å². The number of hydrogen-bond donors (Lipinski definition) is 3. The van der Waals surface area contributed by atoms with Gasteiger partial charge in [-0.2, -0.15) is 0 Å². The van der Waals surface area contributed by atoms with Crippen LogP contribution in [0.15, 0.2) is 22.9 Å². The first-order valence-electron chi connectivity index (χ1n) is 5.01. The Balaban J connectivity index is 1.85. The number of amides is 2. The molecule has 86 valence electrons. The van der Waals surface area contributed by atoms with E-state index >= 15 is 0 Å². The van der Waals surface area contributed by atoms with Gasteiger partial charge < -0.3 is 15.7 Å². The third kappa shape index (κ3) is 2.70. The number of nitrogens with zero attached hydrogens (tertiary/aromatic N) is 1. The quantitative estimate of drug-likeness (QED) is 0.721. The van der Waals surface area contributed by atoms with Crippen molar-refractivity contribution in [1.29, 1.82) is 0 Å². The summed E-state index contributed by atoms with van der Waals surface area (Å²) >= 11 is 3.24. The number of carbonyl (C=O) groups is 1. The molecule has 1 heterocycles. The van der Waals surface area contributed by atoms with Crippen LogP contribution in [0, 0.1) is 0 Å². The molecule has 16 heavy (non-hydrogen) atoms. The monoisotopic (exact) mass is 285 g/mol. The molecule has 2 rings (SSSR count). The van der Waals surface area contributed by atoms with Gasteiger partial charge >= 0.3 is 6.03 Å². The van der Waals surface area contributed by atoms with Gasteiger partial charge in [0.15, 0.2) is 0 Å². The Labute approximate surface area is 101 Å². The summed E-state index contributed by atoms with van der Waals surface area (Å²) in [5, 5.41) is 14.5. The predicted molar refractivity (Wildman–Crippen MR) is 63.1 cm³/mol. The molecule has 0 unspecified atom stereocenters. The van der Waals surface area contributed by atoms with Crippen LogP contribution in [-0.4, -0.2) is 28.3 Å². The smallest absolute Gasteiger partial charge is 0.319 e. The molecule has 1 fully saturated rings. The lowest BCUT2D eigenvalue weighted by Crippen LogP contribution is -2.48. The average molecular weight is 286 g/mol. The van der Waals surface area contributed by atoms with Gasteiger partial charge in [-0.15, -0.1) is 0 Å². The zero-order valence-corrected chi connectivity index (χ0v) is 10.1. The predicted octanol–water partition coefficient (Wildman–Crippen LogP) is 1.49. The zero-order valence-electron chi connectivity index (χ0n) is 8.48. The summed E-state index contributed by atoms with van der Waals surface area (Å²) < 4.78 is 0.596. The molecule has 1 aromatic heterocycles. The van der Waals surface area contributed by atoms with Gasteiger partial charge in [-0.1, -0.05) is 0 Å². The Morgan fingerprint density at radius 3 is 2.94 bits per heavy atom. The van der Waals surface area contributed by atoms with Crippen molar-refractivity contribution in [3.8, 4) is 0 Å². The van der Waals surface area contributed by atoms with E-state index in [1.54, 1.807) is 18.3 Å². The molecule has 1 aliphatic carbocycles. The average Bonchev–Trinajstić information content (AvgIpc) is 2.19. The van der Waals surface area contributed by atoms with Crippen molar-refractivity contribution >= 4 is 27.6 Å². The molecule has 0 aliphatic heterocycles. The summed E-state index contributed by atoms with van der Waals surface area (Å²) in [6.45, 7) is 0. The van der Waals surface area contributed by atoms with Crippen LogP contribution < -0.4 is 10.6 Å². The first kappa shape index (κ1) is 11.3. The highest BCUT2D eigenvalue weighted by Gasteiger charge is 2.28. The molecule has 0 radical (unpaired) electrons. The molecule has 1 saturated carbocycles. The lowest BCUT2D eigenvalue weighted by Gasteiger charge is -2.31. The van der Waals surface area contributed by atoms with E-state index in [0.29, 0.717) is 23.1 Å². The van der Waals surface area contributed by atoms with E-state index < -0.39 is 0 Å². The molecule has 6 heteroatoms. The van der Waals surface area contributed by atoms with Crippen LogP contribution in [0.2, 0.25) is 0 Å². The highest BCUT2D eigenvalue weighted by molar-refractivity contribution is 9.10. The van der Waals surface area contributed by atoms with Crippen molar-refractivity contribution in [2.45, 2.75) is 25.0 Å². The number of aliphatic hydroxyl groups is 1. The second-order valence-electron chi connectivity index (χ2n) is 3.76. The van der Waals surface area contributed by atoms with Crippen molar-refractivity contribution < 1.29 is 9.90 Å². The fourth-order valence-electron chi connectivity index (χ4n) is 1.53. The number of rotatable bonds is 2. The van der Waals surface area contributed by atoms with Crippen molar-refractivity contribution in [2.75, 3.05) is 5.32 Å². The molecule has 0 spiro atoms. The van der Waals surface area contributed by atoms with Crippen molar-refractivity contribution in [3.63, 3.8) is 0 Å².